The SMILES string of the molecule is CCCCCCCCOCCOC1CCNCC1. The molecule has 0 aromatic rings. The molecular weight excluding hydrogens is 226 g/mol. The number of hydrogen-bond donors (Lipinski definition) is 1. The Morgan fingerprint density at radius 2 is 1.61 bits per heavy atom. The fraction of sp³-hybridized carbons (Fsp3) is 1.00. The van der Waals surface area contributed by atoms with Gasteiger partial charge in [0.15, 0.2) is 0 Å². The summed E-state index contributed by atoms with van der Waals surface area (Å²) < 4.78 is 11.4. The summed E-state index contributed by atoms with van der Waals surface area (Å²) in [4.78, 5) is 0. The number of rotatable bonds is 11. The highest BCUT2D eigenvalue weighted by Crippen LogP contribution is 2.07. The first-order valence-electron chi connectivity index (χ1n) is 7.83. The predicted molar refractivity (Wildman–Crippen MR) is 76.0 cm³/mol. The molecule has 1 heterocycles. The van der Waals surface area contributed by atoms with E-state index in [-0.39, 0.29) is 0 Å². The van der Waals surface area contributed by atoms with Crippen molar-refractivity contribution < 1.29 is 9.47 Å². The van der Waals surface area contributed by atoms with Crippen molar-refractivity contribution in [2.75, 3.05) is 32.9 Å². The Morgan fingerprint density at radius 3 is 2.39 bits per heavy atom. The smallest absolute Gasteiger partial charge is 0.0704 e. The van der Waals surface area contributed by atoms with E-state index in [1.165, 1.54) is 38.5 Å². The lowest BCUT2D eigenvalue weighted by atomic mass is 10.1. The molecule has 1 fully saturated rings. The van der Waals surface area contributed by atoms with Crippen molar-refractivity contribution in [1.29, 1.82) is 0 Å². The van der Waals surface area contributed by atoms with Crippen LogP contribution in [0.2, 0.25) is 0 Å². The Morgan fingerprint density at radius 1 is 0.889 bits per heavy atom. The van der Waals surface area contributed by atoms with E-state index >= 15 is 0 Å². The van der Waals surface area contributed by atoms with Crippen molar-refractivity contribution in [2.45, 2.75) is 64.4 Å². The van der Waals surface area contributed by atoms with Crippen LogP contribution in [-0.2, 0) is 9.47 Å². The lowest BCUT2D eigenvalue weighted by Crippen LogP contribution is -2.33. The maximum Gasteiger partial charge on any atom is 0.0704 e. The third-order valence-corrected chi connectivity index (χ3v) is 3.51. The second-order valence-corrected chi connectivity index (χ2v) is 5.20. The minimum Gasteiger partial charge on any atom is -0.379 e. The standard InChI is InChI=1S/C15H31NO2/c1-2-3-4-5-6-7-12-17-13-14-18-15-8-10-16-11-9-15/h15-16H,2-14H2,1H3. The zero-order valence-corrected chi connectivity index (χ0v) is 12.1. The Bertz CT molecular complexity index is 170. The quantitative estimate of drug-likeness (QED) is 0.577. The zero-order valence-electron chi connectivity index (χ0n) is 12.1. The Kier molecular flexibility index (Phi) is 10.6. The van der Waals surface area contributed by atoms with Gasteiger partial charge >= 0.3 is 0 Å². The third kappa shape index (κ3) is 8.90. The first kappa shape index (κ1) is 15.9. The molecule has 3 heteroatoms. The molecule has 0 aromatic carbocycles. The summed E-state index contributed by atoms with van der Waals surface area (Å²) in [6.07, 6.45) is 10.7. The van der Waals surface area contributed by atoms with E-state index in [4.69, 9.17) is 9.47 Å². The van der Waals surface area contributed by atoms with Crippen LogP contribution in [0.3, 0.4) is 0 Å². The molecule has 18 heavy (non-hydrogen) atoms. The first-order valence-corrected chi connectivity index (χ1v) is 7.83. The first-order chi connectivity index (χ1) is 8.93. The summed E-state index contributed by atoms with van der Waals surface area (Å²) in [5.74, 6) is 0. The van der Waals surface area contributed by atoms with Crippen LogP contribution in [0.4, 0.5) is 0 Å². The van der Waals surface area contributed by atoms with Crippen LogP contribution in [0.1, 0.15) is 58.3 Å². The Hall–Kier alpha value is -0.120. The molecule has 0 saturated carbocycles. The van der Waals surface area contributed by atoms with E-state index < -0.39 is 0 Å². The molecule has 0 aliphatic carbocycles. The average Bonchev–Trinajstić information content (AvgIpc) is 2.42. The number of ether oxygens (including phenoxy) is 2. The number of unbranched alkanes of at least 4 members (excludes halogenated alkanes) is 5. The monoisotopic (exact) mass is 257 g/mol. The maximum absolute atomic E-state index is 5.78. The van der Waals surface area contributed by atoms with Crippen LogP contribution < -0.4 is 5.32 Å². The second kappa shape index (κ2) is 11.9. The van der Waals surface area contributed by atoms with Gasteiger partial charge in [-0.15, -0.1) is 0 Å². The fourth-order valence-electron chi connectivity index (χ4n) is 2.32. The van der Waals surface area contributed by atoms with Crippen LogP contribution in [0, 0.1) is 0 Å². The van der Waals surface area contributed by atoms with Crippen LogP contribution in [0.5, 0.6) is 0 Å². The minimum absolute atomic E-state index is 0.462. The minimum atomic E-state index is 0.462. The highest BCUT2D eigenvalue weighted by Gasteiger charge is 2.12. The van der Waals surface area contributed by atoms with Crippen molar-refractivity contribution >= 4 is 0 Å². The Labute approximate surface area is 113 Å². The van der Waals surface area contributed by atoms with E-state index in [0.717, 1.165) is 45.8 Å². The van der Waals surface area contributed by atoms with Crippen molar-refractivity contribution in [1.82, 2.24) is 5.32 Å². The summed E-state index contributed by atoms with van der Waals surface area (Å²) in [5, 5.41) is 3.34. The molecule has 1 saturated heterocycles. The molecule has 0 radical (unpaired) electrons. The number of hydrogen-bond acceptors (Lipinski definition) is 3. The van der Waals surface area contributed by atoms with Crippen molar-refractivity contribution in [3.63, 3.8) is 0 Å². The van der Waals surface area contributed by atoms with Gasteiger partial charge in [-0.1, -0.05) is 39.0 Å². The molecular formula is C15H31NO2. The largest absolute Gasteiger partial charge is 0.379 e. The van der Waals surface area contributed by atoms with Gasteiger partial charge in [0.1, 0.15) is 0 Å². The van der Waals surface area contributed by atoms with Gasteiger partial charge in [-0.25, -0.2) is 0 Å². The normalized spacial score (nSPS) is 17.2. The molecule has 1 N–H and O–H groups in total. The van der Waals surface area contributed by atoms with Crippen LogP contribution >= 0.6 is 0 Å². The van der Waals surface area contributed by atoms with Gasteiger partial charge in [-0.2, -0.15) is 0 Å². The molecule has 108 valence electrons. The molecule has 0 amide bonds. The van der Waals surface area contributed by atoms with Crippen molar-refractivity contribution in [3.8, 4) is 0 Å². The van der Waals surface area contributed by atoms with Crippen LogP contribution in [-0.4, -0.2) is 39.0 Å². The average molecular weight is 257 g/mol. The van der Waals surface area contributed by atoms with Gasteiger partial charge in [0, 0.05) is 6.61 Å². The molecule has 1 aliphatic rings. The predicted octanol–water partition coefficient (Wildman–Crippen LogP) is 3.13. The van der Waals surface area contributed by atoms with E-state index in [0.29, 0.717) is 6.10 Å². The highest BCUT2D eigenvalue weighted by molar-refractivity contribution is 4.67. The molecule has 0 aromatic heterocycles. The summed E-state index contributed by atoms with van der Waals surface area (Å²) in [5.41, 5.74) is 0. The van der Waals surface area contributed by atoms with E-state index in [9.17, 15) is 0 Å². The summed E-state index contributed by atoms with van der Waals surface area (Å²) in [6, 6.07) is 0. The topological polar surface area (TPSA) is 30.5 Å². The lowest BCUT2D eigenvalue weighted by molar-refractivity contribution is -0.00772. The highest BCUT2D eigenvalue weighted by atomic mass is 16.5. The van der Waals surface area contributed by atoms with Gasteiger partial charge in [-0.3, -0.25) is 0 Å². The number of piperidine rings is 1. The molecule has 0 unspecified atom stereocenters. The summed E-state index contributed by atoms with van der Waals surface area (Å²) >= 11 is 0. The molecule has 0 bridgehead atoms. The summed E-state index contributed by atoms with van der Waals surface area (Å²) in [6.45, 7) is 6.89. The van der Waals surface area contributed by atoms with Gasteiger partial charge < -0.3 is 14.8 Å². The van der Waals surface area contributed by atoms with Crippen molar-refractivity contribution in [2.24, 2.45) is 0 Å². The van der Waals surface area contributed by atoms with Gasteiger partial charge in [0.05, 0.1) is 19.3 Å². The van der Waals surface area contributed by atoms with Gasteiger partial charge in [0.25, 0.3) is 0 Å². The zero-order chi connectivity index (χ0) is 12.9. The van der Waals surface area contributed by atoms with Gasteiger partial charge in [0.2, 0.25) is 0 Å². The molecule has 1 aliphatic heterocycles. The second-order valence-electron chi connectivity index (χ2n) is 5.20. The molecule has 1 rings (SSSR count). The third-order valence-electron chi connectivity index (χ3n) is 3.51. The maximum atomic E-state index is 5.78. The Balaban J connectivity index is 1.73. The molecule has 0 spiro atoms. The van der Waals surface area contributed by atoms with E-state index in [2.05, 4.69) is 12.2 Å². The van der Waals surface area contributed by atoms with E-state index in [1.54, 1.807) is 0 Å². The lowest BCUT2D eigenvalue weighted by Gasteiger charge is -2.22. The van der Waals surface area contributed by atoms with Crippen molar-refractivity contribution in [3.05, 3.63) is 0 Å². The fourth-order valence-corrected chi connectivity index (χ4v) is 2.32. The van der Waals surface area contributed by atoms with Gasteiger partial charge in [-0.05, 0) is 32.4 Å². The van der Waals surface area contributed by atoms with Crippen LogP contribution in [0.25, 0.3) is 0 Å². The van der Waals surface area contributed by atoms with Crippen LogP contribution in [0.15, 0.2) is 0 Å². The van der Waals surface area contributed by atoms with E-state index in [1.807, 2.05) is 0 Å². The summed E-state index contributed by atoms with van der Waals surface area (Å²) in [7, 11) is 0. The number of nitrogens with one attached hydrogen (secondary N) is 1. The molecule has 0 atom stereocenters. The molecule has 3 nitrogen and oxygen atoms in total.